The molecule has 4 nitrogen and oxygen atoms in total. The van der Waals surface area contributed by atoms with Crippen LogP contribution in [0.4, 0.5) is 13.2 Å². The summed E-state index contributed by atoms with van der Waals surface area (Å²) in [5.41, 5.74) is -1.42. The van der Waals surface area contributed by atoms with Gasteiger partial charge in [0.1, 0.15) is 5.69 Å². The first-order chi connectivity index (χ1) is 8.80. The van der Waals surface area contributed by atoms with E-state index < -0.39 is 17.4 Å². The van der Waals surface area contributed by atoms with Crippen LogP contribution in [0.2, 0.25) is 0 Å². The van der Waals surface area contributed by atoms with E-state index in [0.29, 0.717) is 0 Å². The summed E-state index contributed by atoms with van der Waals surface area (Å²) in [6.45, 7) is 5.37. The summed E-state index contributed by atoms with van der Waals surface area (Å²) < 4.78 is 38.6. The molecule has 0 radical (unpaired) electrons. The lowest BCUT2D eigenvalue weighted by atomic mass is 10.1. The first-order valence-corrected chi connectivity index (χ1v) is 5.71. The summed E-state index contributed by atoms with van der Waals surface area (Å²) in [5, 5.41) is 3.99. The van der Waals surface area contributed by atoms with E-state index in [0.717, 1.165) is 10.7 Å². The molecular formula is C12H14F3N3O. The summed E-state index contributed by atoms with van der Waals surface area (Å²) in [7, 11) is 1.43. The zero-order valence-corrected chi connectivity index (χ0v) is 11.0. The minimum atomic E-state index is -4.53. The van der Waals surface area contributed by atoms with Gasteiger partial charge in [0.05, 0.1) is 17.3 Å². The molecule has 0 unspecified atom stereocenters. The summed E-state index contributed by atoms with van der Waals surface area (Å²) in [6, 6.07) is 0.830. The van der Waals surface area contributed by atoms with Gasteiger partial charge < -0.3 is 0 Å². The quantitative estimate of drug-likeness (QED) is 0.741. The fourth-order valence-corrected chi connectivity index (χ4v) is 1.59. The first kappa shape index (κ1) is 15.1. The summed E-state index contributed by atoms with van der Waals surface area (Å²) in [5.74, 6) is 0. The molecule has 2 aromatic heterocycles. The molecule has 0 aliphatic heterocycles. The number of alkyl halides is 3. The number of rotatable bonds is 0. The second-order valence-electron chi connectivity index (χ2n) is 3.63. The maximum absolute atomic E-state index is 12.5. The number of halogens is 3. The van der Waals surface area contributed by atoms with Gasteiger partial charge in [-0.25, -0.2) is 9.67 Å². The van der Waals surface area contributed by atoms with Crippen LogP contribution in [-0.4, -0.2) is 14.8 Å². The SMILES string of the molecule is CC.Cc1nc(C(F)(F)F)cc2cnn(C)c(=O)c12. The van der Waals surface area contributed by atoms with Crippen LogP contribution < -0.4 is 5.56 Å². The van der Waals surface area contributed by atoms with Crippen molar-refractivity contribution in [3.05, 3.63) is 34.0 Å². The maximum atomic E-state index is 12.5. The second-order valence-corrected chi connectivity index (χ2v) is 3.63. The fraction of sp³-hybridized carbons (Fsp3) is 0.417. The number of aromatic nitrogens is 3. The van der Waals surface area contributed by atoms with E-state index in [-0.39, 0.29) is 16.5 Å². The number of pyridine rings is 1. The number of nitrogens with zero attached hydrogens (tertiary/aromatic N) is 3. The van der Waals surface area contributed by atoms with Gasteiger partial charge in [0.2, 0.25) is 0 Å². The average molecular weight is 273 g/mol. The Labute approximate surface area is 107 Å². The van der Waals surface area contributed by atoms with E-state index >= 15 is 0 Å². The van der Waals surface area contributed by atoms with Crippen LogP contribution in [0.15, 0.2) is 17.1 Å². The Kier molecular flexibility index (Phi) is 4.28. The molecule has 0 amide bonds. The van der Waals surface area contributed by atoms with Crippen LogP contribution in [0.5, 0.6) is 0 Å². The Morgan fingerprint density at radius 3 is 2.37 bits per heavy atom. The lowest BCUT2D eigenvalue weighted by molar-refractivity contribution is -0.141. The molecule has 0 fully saturated rings. The monoisotopic (exact) mass is 273 g/mol. The zero-order chi connectivity index (χ0) is 14.8. The van der Waals surface area contributed by atoms with Crippen molar-refractivity contribution in [2.75, 3.05) is 0 Å². The van der Waals surface area contributed by atoms with Gasteiger partial charge in [-0.2, -0.15) is 18.3 Å². The van der Waals surface area contributed by atoms with Crippen molar-refractivity contribution < 1.29 is 13.2 Å². The lowest BCUT2D eigenvalue weighted by Gasteiger charge is -2.09. The predicted octanol–water partition coefficient (Wildman–Crippen LogP) is 2.68. The van der Waals surface area contributed by atoms with Crippen molar-refractivity contribution >= 4 is 10.8 Å². The van der Waals surface area contributed by atoms with Crippen LogP contribution in [0.25, 0.3) is 10.8 Å². The van der Waals surface area contributed by atoms with Gasteiger partial charge in [-0.15, -0.1) is 0 Å². The molecule has 2 aromatic rings. The van der Waals surface area contributed by atoms with Gasteiger partial charge in [-0.1, -0.05) is 13.8 Å². The van der Waals surface area contributed by atoms with Crippen molar-refractivity contribution in [3.8, 4) is 0 Å². The number of fused-ring (bicyclic) bond motifs is 1. The highest BCUT2D eigenvalue weighted by molar-refractivity contribution is 5.83. The van der Waals surface area contributed by atoms with Gasteiger partial charge in [0, 0.05) is 12.4 Å². The molecule has 0 aliphatic rings. The normalized spacial score (nSPS) is 11.1. The molecular weight excluding hydrogens is 259 g/mol. The van der Waals surface area contributed by atoms with E-state index in [4.69, 9.17) is 0 Å². The third-order valence-corrected chi connectivity index (χ3v) is 2.40. The molecule has 0 atom stereocenters. The molecule has 104 valence electrons. The Bertz CT molecular complexity index is 647. The third-order valence-electron chi connectivity index (χ3n) is 2.40. The highest BCUT2D eigenvalue weighted by Gasteiger charge is 2.33. The van der Waals surface area contributed by atoms with Crippen LogP contribution in [0.3, 0.4) is 0 Å². The van der Waals surface area contributed by atoms with E-state index in [1.54, 1.807) is 0 Å². The minimum absolute atomic E-state index is 0.0535. The Hall–Kier alpha value is -1.92. The van der Waals surface area contributed by atoms with E-state index in [1.807, 2.05) is 13.8 Å². The Morgan fingerprint density at radius 1 is 1.26 bits per heavy atom. The summed E-state index contributed by atoms with van der Waals surface area (Å²) in [4.78, 5) is 15.1. The summed E-state index contributed by atoms with van der Waals surface area (Å²) in [6.07, 6.45) is -3.30. The standard InChI is InChI=1S/C10H8F3N3O.C2H6/c1-5-8-6(4-14-16(2)9(8)17)3-7(15-5)10(11,12)13;1-2/h3-4H,1-2H3;1-2H3. The van der Waals surface area contributed by atoms with E-state index in [1.165, 1.54) is 20.2 Å². The smallest absolute Gasteiger partial charge is 0.267 e. The molecule has 2 heterocycles. The molecule has 0 aromatic carbocycles. The molecule has 0 saturated carbocycles. The Morgan fingerprint density at radius 2 is 1.84 bits per heavy atom. The van der Waals surface area contributed by atoms with Crippen LogP contribution >= 0.6 is 0 Å². The zero-order valence-electron chi connectivity index (χ0n) is 11.0. The van der Waals surface area contributed by atoms with E-state index in [2.05, 4.69) is 10.1 Å². The fourth-order valence-electron chi connectivity index (χ4n) is 1.59. The van der Waals surface area contributed by atoms with Crippen molar-refractivity contribution in [2.45, 2.75) is 26.9 Å². The first-order valence-electron chi connectivity index (χ1n) is 5.71. The molecule has 7 heteroatoms. The maximum Gasteiger partial charge on any atom is 0.433 e. The molecule has 2 rings (SSSR count). The number of hydrogen-bond donors (Lipinski definition) is 0. The van der Waals surface area contributed by atoms with Gasteiger partial charge >= 0.3 is 6.18 Å². The average Bonchev–Trinajstić information content (AvgIpc) is 2.35. The Balaban J connectivity index is 0.000000861. The third kappa shape index (κ3) is 2.91. The molecule has 0 spiro atoms. The lowest BCUT2D eigenvalue weighted by Crippen LogP contribution is -2.21. The molecule has 0 aliphatic carbocycles. The largest absolute Gasteiger partial charge is 0.433 e. The second kappa shape index (κ2) is 5.38. The molecule has 0 saturated heterocycles. The van der Waals surface area contributed by atoms with Gasteiger partial charge in [-0.05, 0) is 13.0 Å². The van der Waals surface area contributed by atoms with E-state index in [9.17, 15) is 18.0 Å². The van der Waals surface area contributed by atoms with Crippen LogP contribution in [-0.2, 0) is 13.2 Å². The van der Waals surface area contributed by atoms with Crippen molar-refractivity contribution in [1.82, 2.24) is 14.8 Å². The predicted molar refractivity (Wildman–Crippen MR) is 65.9 cm³/mol. The van der Waals surface area contributed by atoms with Gasteiger partial charge in [0.25, 0.3) is 5.56 Å². The topological polar surface area (TPSA) is 47.8 Å². The van der Waals surface area contributed by atoms with Crippen molar-refractivity contribution in [1.29, 1.82) is 0 Å². The highest BCUT2D eigenvalue weighted by Crippen LogP contribution is 2.29. The van der Waals surface area contributed by atoms with Crippen molar-refractivity contribution in [2.24, 2.45) is 7.05 Å². The van der Waals surface area contributed by atoms with Crippen LogP contribution in [0, 0.1) is 6.92 Å². The minimum Gasteiger partial charge on any atom is -0.267 e. The molecule has 0 N–H and O–H groups in total. The van der Waals surface area contributed by atoms with Crippen molar-refractivity contribution in [3.63, 3.8) is 0 Å². The number of aryl methyl sites for hydroxylation is 2. The highest BCUT2D eigenvalue weighted by atomic mass is 19.4. The molecule has 0 bridgehead atoms. The van der Waals surface area contributed by atoms with Crippen LogP contribution in [0.1, 0.15) is 25.2 Å². The molecule has 19 heavy (non-hydrogen) atoms. The van der Waals surface area contributed by atoms with Gasteiger partial charge in [-0.3, -0.25) is 4.79 Å². The van der Waals surface area contributed by atoms with Gasteiger partial charge in [0.15, 0.2) is 0 Å². The summed E-state index contributed by atoms with van der Waals surface area (Å²) >= 11 is 0. The number of hydrogen-bond acceptors (Lipinski definition) is 3.